The zero-order valence-corrected chi connectivity index (χ0v) is 17.8. The first-order valence-electron chi connectivity index (χ1n) is 9.18. The van der Waals surface area contributed by atoms with Gasteiger partial charge in [-0.15, -0.1) is 11.3 Å². The van der Waals surface area contributed by atoms with Crippen LogP contribution < -0.4 is 10.5 Å². The molecule has 0 N–H and O–H groups in total. The number of amides is 1. The molecule has 0 bridgehead atoms. The summed E-state index contributed by atoms with van der Waals surface area (Å²) in [6.07, 6.45) is 5.29. The van der Waals surface area contributed by atoms with Crippen molar-refractivity contribution in [3.05, 3.63) is 70.2 Å². The maximum absolute atomic E-state index is 13.0. The van der Waals surface area contributed by atoms with Gasteiger partial charge >= 0.3 is 0 Å². The molecule has 4 aromatic rings. The van der Waals surface area contributed by atoms with E-state index in [9.17, 15) is 9.59 Å². The van der Waals surface area contributed by atoms with Gasteiger partial charge in [-0.05, 0) is 12.0 Å². The maximum atomic E-state index is 13.0. The Labute approximate surface area is 180 Å². The second-order valence-corrected chi connectivity index (χ2v) is 8.19. The Balaban J connectivity index is 1.60. The third-order valence-corrected chi connectivity index (χ3v) is 6.24. The summed E-state index contributed by atoms with van der Waals surface area (Å²) in [6.45, 7) is 0.432. The molecule has 1 amide bonds. The minimum Gasteiger partial charge on any atom is -0.291 e. The normalized spacial score (nSPS) is 11.0. The van der Waals surface area contributed by atoms with E-state index in [1.807, 2.05) is 35.7 Å². The monoisotopic (exact) mass is 438 g/mol. The minimum atomic E-state index is -0.257. The van der Waals surface area contributed by atoms with E-state index in [4.69, 9.17) is 0 Å². The topological polar surface area (TPSA) is 93.9 Å². The molecule has 0 saturated carbocycles. The van der Waals surface area contributed by atoms with E-state index >= 15 is 0 Å². The number of benzene rings is 1. The number of hydrogen-bond donors (Lipinski definition) is 0. The van der Waals surface area contributed by atoms with Gasteiger partial charge in [0, 0.05) is 37.6 Å². The number of thiazole rings is 1. The van der Waals surface area contributed by atoms with E-state index in [-0.39, 0.29) is 28.4 Å². The fourth-order valence-corrected chi connectivity index (χ4v) is 4.39. The van der Waals surface area contributed by atoms with Crippen molar-refractivity contribution in [2.45, 2.75) is 18.1 Å². The highest BCUT2D eigenvalue weighted by Gasteiger charge is 2.18. The first-order valence-corrected chi connectivity index (χ1v) is 11.0. The number of carbonyl (C=O) groups excluding carboxylic acids is 1. The summed E-state index contributed by atoms with van der Waals surface area (Å²) in [5, 5.41) is 2.89. The third kappa shape index (κ3) is 4.39. The lowest BCUT2D eigenvalue weighted by molar-refractivity contribution is -0.115. The Hall–Kier alpha value is -3.11. The van der Waals surface area contributed by atoms with Crippen LogP contribution in [0.15, 0.2) is 64.3 Å². The minimum absolute atomic E-state index is 0.125. The molecule has 3 aromatic heterocycles. The average Bonchev–Trinajstić information content (AvgIpc) is 3.32. The molecule has 4 rings (SSSR count). The van der Waals surface area contributed by atoms with Gasteiger partial charge in [0.25, 0.3) is 5.56 Å². The molecule has 30 heavy (non-hydrogen) atoms. The number of carbonyl (C=O) groups is 1. The Kier molecular flexibility index (Phi) is 6.15. The maximum Gasteiger partial charge on any atom is 0.282 e. The number of nitrogens with zero attached hydrogens (tertiary/aromatic N) is 6. The molecule has 10 heteroatoms. The molecule has 0 saturated heterocycles. The van der Waals surface area contributed by atoms with E-state index < -0.39 is 0 Å². The van der Waals surface area contributed by atoms with E-state index in [1.54, 1.807) is 17.8 Å². The van der Waals surface area contributed by atoms with Gasteiger partial charge in [0.15, 0.2) is 21.5 Å². The molecule has 0 fully saturated rings. The van der Waals surface area contributed by atoms with Crippen molar-refractivity contribution >= 4 is 45.3 Å². The van der Waals surface area contributed by atoms with Crippen LogP contribution in [0.2, 0.25) is 0 Å². The predicted molar refractivity (Wildman–Crippen MR) is 118 cm³/mol. The lowest BCUT2D eigenvalue weighted by Gasteiger charge is -2.15. The van der Waals surface area contributed by atoms with Gasteiger partial charge < -0.3 is 0 Å². The van der Waals surface area contributed by atoms with Crippen molar-refractivity contribution in [3.63, 3.8) is 0 Å². The number of fused-ring (bicyclic) bond motifs is 1. The zero-order valence-electron chi connectivity index (χ0n) is 16.1. The number of hydrogen-bond acceptors (Lipinski definition) is 8. The molecule has 152 valence electrons. The van der Waals surface area contributed by atoms with E-state index in [0.717, 1.165) is 5.56 Å². The van der Waals surface area contributed by atoms with Crippen molar-refractivity contribution in [2.75, 3.05) is 17.7 Å². The summed E-state index contributed by atoms with van der Waals surface area (Å²) < 4.78 is 1.57. The van der Waals surface area contributed by atoms with Crippen molar-refractivity contribution in [1.29, 1.82) is 0 Å². The highest BCUT2D eigenvalue weighted by Crippen LogP contribution is 2.20. The van der Waals surface area contributed by atoms with Crippen molar-refractivity contribution in [3.8, 4) is 0 Å². The summed E-state index contributed by atoms with van der Waals surface area (Å²) in [5.41, 5.74) is 1.36. The largest absolute Gasteiger partial charge is 0.291 e. The molecule has 0 radical (unpaired) electrons. The standard InChI is InChI=1S/C20H18N6O2S2/c1-25(19-23-10-12-29-19)15(27)13-30-20-24-17-16(21-8-9-22-17)18(28)26(20)11-7-14-5-3-2-4-6-14/h2-6,8-10,12H,7,11,13H2,1H3. The van der Waals surface area contributed by atoms with Crippen LogP contribution >= 0.6 is 23.1 Å². The first kappa shape index (κ1) is 20.2. The molecule has 8 nitrogen and oxygen atoms in total. The Bertz CT molecular complexity index is 1210. The molecule has 3 heterocycles. The van der Waals surface area contributed by atoms with Crippen LogP contribution in [0.3, 0.4) is 0 Å². The van der Waals surface area contributed by atoms with Crippen LogP contribution in [0, 0.1) is 0 Å². The summed E-state index contributed by atoms with van der Waals surface area (Å²) in [4.78, 5) is 44.1. The lowest BCUT2D eigenvalue weighted by atomic mass is 10.1. The number of thioether (sulfide) groups is 1. The third-order valence-electron chi connectivity index (χ3n) is 4.43. The number of rotatable bonds is 7. The van der Waals surface area contributed by atoms with Crippen LogP contribution in [0.1, 0.15) is 5.56 Å². The van der Waals surface area contributed by atoms with E-state index in [2.05, 4.69) is 19.9 Å². The lowest BCUT2D eigenvalue weighted by Crippen LogP contribution is -2.29. The molecule has 0 aliphatic rings. The van der Waals surface area contributed by atoms with Crippen molar-refractivity contribution in [1.82, 2.24) is 24.5 Å². The number of aryl methyl sites for hydroxylation is 1. The fraction of sp³-hybridized carbons (Fsp3) is 0.200. The zero-order chi connectivity index (χ0) is 20.9. The van der Waals surface area contributed by atoms with Crippen LogP contribution in [-0.4, -0.2) is 43.2 Å². The van der Waals surface area contributed by atoms with Gasteiger partial charge in [0.2, 0.25) is 5.91 Å². The summed E-state index contributed by atoms with van der Waals surface area (Å²) in [7, 11) is 1.68. The van der Waals surface area contributed by atoms with Gasteiger partial charge in [0.05, 0.1) is 5.75 Å². The summed E-state index contributed by atoms with van der Waals surface area (Å²) in [5.74, 6) is -0.00218. The molecule has 1 aromatic carbocycles. The molecule has 0 unspecified atom stereocenters. The predicted octanol–water partition coefficient (Wildman–Crippen LogP) is 2.64. The first-order chi connectivity index (χ1) is 14.6. The Morgan fingerprint density at radius 2 is 1.93 bits per heavy atom. The van der Waals surface area contributed by atoms with Gasteiger partial charge in [0.1, 0.15) is 0 Å². The Morgan fingerprint density at radius 1 is 1.13 bits per heavy atom. The SMILES string of the molecule is CN(C(=O)CSc1nc2nccnc2c(=O)n1CCc1ccccc1)c1nccs1. The molecule has 0 aliphatic carbocycles. The van der Waals surface area contributed by atoms with E-state index in [0.29, 0.717) is 23.3 Å². The van der Waals surface area contributed by atoms with Crippen molar-refractivity contribution in [2.24, 2.45) is 0 Å². The van der Waals surface area contributed by atoms with Gasteiger partial charge in [-0.2, -0.15) is 0 Å². The quantitative estimate of drug-likeness (QED) is 0.323. The van der Waals surface area contributed by atoms with Crippen LogP contribution in [0.4, 0.5) is 5.13 Å². The van der Waals surface area contributed by atoms with Crippen LogP contribution in [0.25, 0.3) is 11.2 Å². The van der Waals surface area contributed by atoms with Crippen LogP contribution in [0.5, 0.6) is 0 Å². The average molecular weight is 439 g/mol. The Morgan fingerprint density at radius 3 is 2.70 bits per heavy atom. The fourth-order valence-electron chi connectivity index (χ4n) is 2.83. The van der Waals surface area contributed by atoms with Crippen LogP contribution in [-0.2, 0) is 17.8 Å². The second kappa shape index (κ2) is 9.14. The number of anilines is 1. The summed E-state index contributed by atoms with van der Waals surface area (Å²) in [6, 6.07) is 9.90. The van der Waals surface area contributed by atoms with Gasteiger partial charge in [-0.1, -0.05) is 42.1 Å². The highest BCUT2D eigenvalue weighted by molar-refractivity contribution is 7.99. The smallest absolute Gasteiger partial charge is 0.282 e. The summed E-state index contributed by atoms with van der Waals surface area (Å²) >= 11 is 2.60. The molecule has 0 aliphatic heterocycles. The highest BCUT2D eigenvalue weighted by atomic mass is 32.2. The van der Waals surface area contributed by atoms with E-state index in [1.165, 1.54) is 40.4 Å². The molecular formula is C20H18N6O2S2. The number of aromatic nitrogens is 5. The molecule has 0 spiro atoms. The van der Waals surface area contributed by atoms with Gasteiger partial charge in [-0.3, -0.25) is 19.1 Å². The van der Waals surface area contributed by atoms with Gasteiger partial charge in [-0.25, -0.2) is 19.9 Å². The van der Waals surface area contributed by atoms with Crippen molar-refractivity contribution < 1.29 is 4.79 Å². The molecule has 0 atom stereocenters. The molecular weight excluding hydrogens is 420 g/mol. The second-order valence-electron chi connectivity index (χ2n) is 6.37.